The van der Waals surface area contributed by atoms with Crippen LogP contribution in [-0.2, 0) is 21.1 Å². The van der Waals surface area contributed by atoms with Crippen molar-refractivity contribution < 1.29 is 18.0 Å². The topological polar surface area (TPSA) is 83.6 Å². The number of carbonyl (C=O) groups excluding carboxylic acids is 2. The molecule has 2 aliphatic heterocycles. The summed E-state index contributed by atoms with van der Waals surface area (Å²) in [6.45, 7) is 2.57. The maximum absolute atomic E-state index is 12.2. The molecule has 0 radical (unpaired) electrons. The van der Waals surface area contributed by atoms with E-state index in [9.17, 15) is 18.0 Å². The van der Waals surface area contributed by atoms with Crippen LogP contribution in [0.3, 0.4) is 0 Å². The van der Waals surface area contributed by atoms with E-state index in [1.807, 2.05) is 6.07 Å². The first-order valence-corrected chi connectivity index (χ1v) is 9.57. The summed E-state index contributed by atoms with van der Waals surface area (Å²) in [7, 11) is -2.92. The number of rotatable bonds is 3. The molecule has 7 heteroatoms. The van der Waals surface area contributed by atoms with Gasteiger partial charge in [0, 0.05) is 31.3 Å². The Labute approximate surface area is 135 Å². The molecule has 2 heterocycles. The summed E-state index contributed by atoms with van der Waals surface area (Å²) in [6.07, 6.45) is 1.36. The number of hydrogen-bond acceptors (Lipinski definition) is 4. The second-order valence-electron chi connectivity index (χ2n) is 6.24. The van der Waals surface area contributed by atoms with E-state index in [1.54, 1.807) is 17.0 Å². The number of carbonyl (C=O) groups is 2. The van der Waals surface area contributed by atoms with Crippen LogP contribution in [0.4, 0.5) is 5.69 Å². The molecule has 0 aliphatic carbocycles. The van der Waals surface area contributed by atoms with Gasteiger partial charge in [-0.3, -0.25) is 9.59 Å². The van der Waals surface area contributed by atoms with Crippen molar-refractivity contribution in [1.29, 1.82) is 0 Å². The molecule has 124 valence electrons. The molecule has 0 aromatic heterocycles. The van der Waals surface area contributed by atoms with Gasteiger partial charge in [-0.2, -0.15) is 0 Å². The van der Waals surface area contributed by atoms with E-state index in [-0.39, 0.29) is 29.2 Å². The molecule has 23 heavy (non-hydrogen) atoms. The Bertz CT molecular complexity index is 757. The van der Waals surface area contributed by atoms with Crippen molar-refractivity contribution in [3.63, 3.8) is 0 Å². The molecular weight excluding hydrogens is 316 g/mol. The zero-order chi connectivity index (χ0) is 16.6. The predicted octanol–water partition coefficient (Wildman–Crippen LogP) is 0.760. The van der Waals surface area contributed by atoms with Crippen molar-refractivity contribution in [2.45, 2.75) is 19.8 Å². The van der Waals surface area contributed by atoms with Crippen LogP contribution in [-0.4, -0.2) is 44.8 Å². The fraction of sp³-hybridized carbons (Fsp3) is 0.500. The van der Waals surface area contributed by atoms with E-state index in [0.29, 0.717) is 25.1 Å². The van der Waals surface area contributed by atoms with Crippen LogP contribution in [0.5, 0.6) is 0 Å². The number of anilines is 1. The second-order valence-corrected chi connectivity index (χ2v) is 8.47. The number of sulfone groups is 1. The second kappa shape index (κ2) is 5.96. The molecule has 0 bridgehead atoms. The zero-order valence-corrected chi connectivity index (χ0v) is 13.9. The number of benzene rings is 1. The molecule has 1 atom stereocenters. The summed E-state index contributed by atoms with van der Waals surface area (Å²) in [4.78, 5) is 25.5. The van der Waals surface area contributed by atoms with Gasteiger partial charge in [0.05, 0.1) is 11.5 Å². The quantitative estimate of drug-likeness (QED) is 0.883. The van der Waals surface area contributed by atoms with Gasteiger partial charge in [0.25, 0.3) is 5.91 Å². The monoisotopic (exact) mass is 336 g/mol. The molecule has 6 nitrogen and oxygen atoms in total. The lowest BCUT2D eigenvalue weighted by Gasteiger charge is -2.15. The van der Waals surface area contributed by atoms with E-state index >= 15 is 0 Å². The molecule has 1 saturated heterocycles. The molecule has 1 aromatic rings. The first-order chi connectivity index (χ1) is 10.9. The van der Waals surface area contributed by atoms with Gasteiger partial charge < -0.3 is 10.2 Å². The molecule has 0 spiro atoms. The Morgan fingerprint density at radius 3 is 2.78 bits per heavy atom. The highest BCUT2D eigenvalue weighted by molar-refractivity contribution is 7.91. The molecule has 2 aliphatic rings. The first kappa shape index (κ1) is 16.0. The first-order valence-electron chi connectivity index (χ1n) is 7.75. The summed E-state index contributed by atoms with van der Waals surface area (Å²) in [5.74, 6) is 0.187. The van der Waals surface area contributed by atoms with E-state index in [0.717, 1.165) is 17.7 Å². The largest absolute Gasteiger partial charge is 0.352 e. The third-order valence-electron chi connectivity index (χ3n) is 4.50. The maximum atomic E-state index is 12.2. The number of nitrogens with one attached hydrogen (secondary N) is 1. The van der Waals surface area contributed by atoms with Gasteiger partial charge in [-0.1, -0.05) is 0 Å². The molecule has 1 unspecified atom stereocenters. The van der Waals surface area contributed by atoms with Gasteiger partial charge in [-0.25, -0.2) is 8.42 Å². The minimum absolute atomic E-state index is 0.00314. The highest BCUT2D eigenvalue weighted by Crippen LogP contribution is 2.29. The number of fused-ring (bicyclic) bond motifs is 1. The van der Waals surface area contributed by atoms with Crippen LogP contribution in [0.2, 0.25) is 0 Å². The molecule has 2 amide bonds. The zero-order valence-electron chi connectivity index (χ0n) is 13.0. The van der Waals surface area contributed by atoms with Gasteiger partial charge in [0.15, 0.2) is 9.84 Å². The Kier molecular flexibility index (Phi) is 4.14. The molecule has 3 rings (SSSR count). The minimum Gasteiger partial charge on any atom is -0.352 e. The van der Waals surface area contributed by atoms with Gasteiger partial charge in [0.2, 0.25) is 5.91 Å². The molecule has 0 saturated carbocycles. The van der Waals surface area contributed by atoms with Crippen LogP contribution >= 0.6 is 0 Å². The van der Waals surface area contributed by atoms with Crippen molar-refractivity contribution in [3.05, 3.63) is 29.3 Å². The van der Waals surface area contributed by atoms with Gasteiger partial charge in [-0.15, -0.1) is 0 Å². The number of nitrogens with zero attached hydrogens (tertiary/aromatic N) is 1. The maximum Gasteiger partial charge on any atom is 0.251 e. The molecule has 1 fully saturated rings. The summed E-state index contributed by atoms with van der Waals surface area (Å²) in [5, 5.41) is 2.82. The average Bonchev–Trinajstić information content (AvgIpc) is 3.07. The highest BCUT2D eigenvalue weighted by atomic mass is 32.2. The lowest BCUT2D eigenvalue weighted by atomic mass is 10.1. The summed E-state index contributed by atoms with van der Waals surface area (Å²) in [5.41, 5.74) is 2.42. The fourth-order valence-electron chi connectivity index (χ4n) is 3.24. The Balaban J connectivity index is 1.64. The standard InChI is InChI=1S/C16H20N2O4S/c1-11(19)18-6-4-13-8-14(2-3-15(13)18)16(20)17-9-12-5-7-23(21,22)10-12/h2-3,8,12H,4-7,9-10H2,1H3,(H,17,20). The van der Waals surface area contributed by atoms with Gasteiger partial charge in [-0.05, 0) is 42.5 Å². The van der Waals surface area contributed by atoms with Crippen molar-refractivity contribution in [1.82, 2.24) is 5.32 Å². The highest BCUT2D eigenvalue weighted by Gasteiger charge is 2.28. The molecule has 1 N–H and O–H groups in total. The number of hydrogen-bond donors (Lipinski definition) is 1. The van der Waals surface area contributed by atoms with Crippen LogP contribution in [0.15, 0.2) is 18.2 Å². The predicted molar refractivity (Wildman–Crippen MR) is 87.3 cm³/mol. The SMILES string of the molecule is CC(=O)N1CCc2cc(C(=O)NCC3CCS(=O)(=O)C3)ccc21. The van der Waals surface area contributed by atoms with E-state index < -0.39 is 9.84 Å². The summed E-state index contributed by atoms with van der Waals surface area (Å²) >= 11 is 0. The van der Waals surface area contributed by atoms with E-state index in [2.05, 4.69) is 5.32 Å². The van der Waals surface area contributed by atoms with Crippen molar-refractivity contribution in [2.24, 2.45) is 5.92 Å². The van der Waals surface area contributed by atoms with E-state index in [4.69, 9.17) is 0 Å². The summed E-state index contributed by atoms with van der Waals surface area (Å²) < 4.78 is 22.8. The Morgan fingerprint density at radius 1 is 1.35 bits per heavy atom. The van der Waals surface area contributed by atoms with Gasteiger partial charge in [0.1, 0.15) is 0 Å². The average molecular weight is 336 g/mol. The molecule has 1 aromatic carbocycles. The lowest BCUT2D eigenvalue weighted by molar-refractivity contribution is -0.116. The van der Waals surface area contributed by atoms with Crippen molar-refractivity contribution >= 4 is 27.3 Å². The smallest absolute Gasteiger partial charge is 0.251 e. The summed E-state index contributed by atoms with van der Waals surface area (Å²) in [6, 6.07) is 5.33. The number of amides is 2. The van der Waals surface area contributed by atoms with Gasteiger partial charge >= 0.3 is 0 Å². The van der Waals surface area contributed by atoms with Crippen LogP contribution in [0, 0.1) is 5.92 Å². The lowest BCUT2D eigenvalue weighted by Crippen LogP contribution is -2.30. The van der Waals surface area contributed by atoms with Crippen LogP contribution < -0.4 is 10.2 Å². The normalized spacial score (nSPS) is 22.0. The van der Waals surface area contributed by atoms with E-state index in [1.165, 1.54) is 6.92 Å². The fourth-order valence-corrected chi connectivity index (χ4v) is 5.10. The van der Waals surface area contributed by atoms with Crippen molar-refractivity contribution in [2.75, 3.05) is 29.5 Å². The Morgan fingerprint density at radius 2 is 2.13 bits per heavy atom. The minimum atomic E-state index is -2.92. The van der Waals surface area contributed by atoms with Crippen LogP contribution in [0.1, 0.15) is 29.3 Å². The third-order valence-corrected chi connectivity index (χ3v) is 6.33. The van der Waals surface area contributed by atoms with Crippen molar-refractivity contribution in [3.8, 4) is 0 Å². The molecular formula is C16H20N2O4S. The van der Waals surface area contributed by atoms with Crippen LogP contribution in [0.25, 0.3) is 0 Å². The Hall–Kier alpha value is -1.89. The third kappa shape index (κ3) is 3.39.